The lowest BCUT2D eigenvalue weighted by atomic mass is 10.2. The maximum Gasteiger partial charge on any atom is 0.341 e. The highest BCUT2D eigenvalue weighted by atomic mass is 35.5. The first-order valence-electron chi connectivity index (χ1n) is 6.70. The van der Waals surface area contributed by atoms with E-state index >= 15 is 0 Å². The molecule has 0 unspecified atom stereocenters. The highest BCUT2D eigenvalue weighted by Gasteiger charge is 2.16. The standard InChI is InChI=1S/C14H17ClN4O2/c1-5-21-14(20)10-6-16-19(7-10)13-9(4)11(15)17-12(18-13)8(2)3/h6-8H,5H2,1-4H3. The summed E-state index contributed by atoms with van der Waals surface area (Å²) in [4.78, 5) is 20.4. The number of carbonyl (C=O) groups is 1. The number of halogens is 1. The first-order valence-corrected chi connectivity index (χ1v) is 7.08. The summed E-state index contributed by atoms with van der Waals surface area (Å²) in [6, 6.07) is 0. The molecule has 0 saturated heterocycles. The Bertz CT molecular complexity index is 667. The van der Waals surface area contributed by atoms with Crippen LogP contribution in [0.2, 0.25) is 5.15 Å². The van der Waals surface area contributed by atoms with Gasteiger partial charge in [0.1, 0.15) is 11.0 Å². The van der Waals surface area contributed by atoms with Crippen LogP contribution in [0.5, 0.6) is 0 Å². The third-order valence-corrected chi connectivity index (χ3v) is 3.27. The summed E-state index contributed by atoms with van der Waals surface area (Å²) in [6.07, 6.45) is 3.02. The molecule has 21 heavy (non-hydrogen) atoms. The first kappa shape index (κ1) is 15.4. The summed E-state index contributed by atoms with van der Waals surface area (Å²) in [5.74, 6) is 0.926. The van der Waals surface area contributed by atoms with Crippen LogP contribution in [0.3, 0.4) is 0 Å². The molecule has 0 atom stereocenters. The topological polar surface area (TPSA) is 69.9 Å². The van der Waals surface area contributed by atoms with Crippen molar-refractivity contribution in [1.29, 1.82) is 0 Å². The van der Waals surface area contributed by atoms with Gasteiger partial charge in [-0.15, -0.1) is 0 Å². The second-order valence-corrected chi connectivity index (χ2v) is 5.23. The van der Waals surface area contributed by atoms with Crippen molar-refractivity contribution in [3.63, 3.8) is 0 Å². The molecule has 0 fully saturated rings. The predicted molar refractivity (Wildman–Crippen MR) is 78.9 cm³/mol. The van der Waals surface area contributed by atoms with Crippen LogP contribution in [0.1, 0.15) is 48.4 Å². The van der Waals surface area contributed by atoms with Crippen molar-refractivity contribution in [1.82, 2.24) is 19.7 Å². The Balaban J connectivity index is 2.44. The fraction of sp³-hybridized carbons (Fsp3) is 0.429. The number of ether oxygens (including phenoxy) is 1. The van der Waals surface area contributed by atoms with Gasteiger partial charge in [0.05, 0.1) is 18.4 Å². The van der Waals surface area contributed by atoms with Crippen LogP contribution in [-0.4, -0.2) is 32.3 Å². The molecule has 0 bridgehead atoms. The third-order valence-electron chi connectivity index (χ3n) is 2.91. The molecule has 2 aromatic rings. The molecule has 0 aromatic carbocycles. The van der Waals surface area contributed by atoms with Crippen LogP contribution in [0.4, 0.5) is 0 Å². The summed E-state index contributed by atoms with van der Waals surface area (Å²) in [6.45, 7) is 7.86. The van der Waals surface area contributed by atoms with E-state index in [-0.39, 0.29) is 5.92 Å². The molecule has 0 saturated carbocycles. The van der Waals surface area contributed by atoms with Crippen molar-refractivity contribution in [3.8, 4) is 5.82 Å². The molecule has 0 aliphatic heterocycles. The second-order valence-electron chi connectivity index (χ2n) is 4.87. The Hall–Kier alpha value is -1.95. The molecular weight excluding hydrogens is 292 g/mol. The van der Waals surface area contributed by atoms with Gasteiger partial charge in [-0.3, -0.25) is 0 Å². The van der Waals surface area contributed by atoms with Crippen molar-refractivity contribution < 1.29 is 9.53 Å². The van der Waals surface area contributed by atoms with Gasteiger partial charge < -0.3 is 4.74 Å². The zero-order chi connectivity index (χ0) is 15.6. The summed E-state index contributed by atoms with van der Waals surface area (Å²) < 4.78 is 6.46. The van der Waals surface area contributed by atoms with Gasteiger partial charge in [0, 0.05) is 17.7 Å². The minimum Gasteiger partial charge on any atom is -0.462 e. The number of aromatic nitrogens is 4. The number of esters is 1. The highest BCUT2D eigenvalue weighted by molar-refractivity contribution is 6.30. The van der Waals surface area contributed by atoms with Gasteiger partial charge in [-0.05, 0) is 13.8 Å². The number of carbonyl (C=O) groups excluding carboxylic acids is 1. The molecule has 0 aliphatic carbocycles. The summed E-state index contributed by atoms with van der Waals surface area (Å²) in [7, 11) is 0. The van der Waals surface area contributed by atoms with E-state index in [0.717, 1.165) is 0 Å². The molecule has 2 heterocycles. The van der Waals surface area contributed by atoms with E-state index in [4.69, 9.17) is 16.3 Å². The summed E-state index contributed by atoms with van der Waals surface area (Å²) in [5.41, 5.74) is 1.08. The van der Waals surface area contributed by atoms with Crippen LogP contribution < -0.4 is 0 Å². The van der Waals surface area contributed by atoms with E-state index in [1.807, 2.05) is 20.8 Å². The van der Waals surface area contributed by atoms with Gasteiger partial charge >= 0.3 is 5.97 Å². The largest absolute Gasteiger partial charge is 0.462 e. The van der Waals surface area contributed by atoms with Crippen LogP contribution in [0.15, 0.2) is 12.4 Å². The first-order chi connectivity index (χ1) is 9.93. The van der Waals surface area contributed by atoms with Gasteiger partial charge in [0.2, 0.25) is 0 Å². The Morgan fingerprint density at radius 2 is 2.14 bits per heavy atom. The Morgan fingerprint density at radius 3 is 2.76 bits per heavy atom. The van der Waals surface area contributed by atoms with Crippen molar-refractivity contribution in [3.05, 3.63) is 34.5 Å². The zero-order valence-electron chi connectivity index (χ0n) is 12.4. The molecule has 112 valence electrons. The average Bonchev–Trinajstić information content (AvgIpc) is 2.91. The molecule has 0 aliphatic rings. The van der Waals surface area contributed by atoms with Crippen molar-refractivity contribution in [2.75, 3.05) is 6.61 Å². The van der Waals surface area contributed by atoms with Gasteiger partial charge in [-0.1, -0.05) is 25.4 Å². The van der Waals surface area contributed by atoms with Crippen LogP contribution in [0, 0.1) is 6.92 Å². The molecule has 0 N–H and O–H groups in total. The van der Waals surface area contributed by atoms with Crippen molar-refractivity contribution in [2.24, 2.45) is 0 Å². The Morgan fingerprint density at radius 1 is 1.43 bits per heavy atom. The SMILES string of the molecule is CCOC(=O)c1cnn(-c2nc(C(C)C)nc(Cl)c2C)c1. The molecule has 6 nitrogen and oxygen atoms in total. The maximum atomic E-state index is 11.7. The molecule has 2 rings (SSSR count). The number of rotatable bonds is 4. The summed E-state index contributed by atoms with van der Waals surface area (Å²) >= 11 is 6.15. The lowest BCUT2D eigenvalue weighted by molar-refractivity contribution is 0.0526. The van der Waals surface area contributed by atoms with E-state index < -0.39 is 5.97 Å². The van der Waals surface area contributed by atoms with Crippen LogP contribution in [-0.2, 0) is 4.74 Å². The number of hydrogen-bond donors (Lipinski definition) is 0. The van der Waals surface area contributed by atoms with Crippen molar-refractivity contribution in [2.45, 2.75) is 33.6 Å². The van der Waals surface area contributed by atoms with E-state index in [1.54, 1.807) is 13.1 Å². The average molecular weight is 309 g/mol. The maximum absolute atomic E-state index is 11.7. The lowest BCUT2D eigenvalue weighted by Gasteiger charge is -2.10. The Labute approximate surface area is 128 Å². The number of nitrogens with zero attached hydrogens (tertiary/aromatic N) is 4. The molecule has 0 radical (unpaired) electrons. The van der Waals surface area contributed by atoms with Gasteiger partial charge in [0.15, 0.2) is 5.82 Å². The Kier molecular flexibility index (Phi) is 4.57. The van der Waals surface area contributed by atoms with Crippen LogP contribution in [0.25, 0.3) is 5.82 Å². The molecule has 2 aromatic heterocycles. The van der Waals surface area contributed by atoms with Crippen LogP contribution >= 0.6 is 11.6 Å². The van der Waals surface area contributed by atoms with E-state index in [1.165, 1.54) is 10.9 Å². The minimum absolute atomic E-state index is 0.141. The van der Waals surface area contributed by atoms with E-state index in [0.29, 0.717) is 34.5 Å². The molecular formula is C14H17ClN4O2. The number of hydrogen-bond acceptors (Lipinski definition) is 5. The fourth-order valence-electron chi connectivity index (χ4n) is 1.73. The van der Waals surface area contributed by atoms with Gasteiger partial charge in [0.25, 0.3) is 0 Å². The monoisotopic (exact) mass is 308 g/mol. The lowest BCUT2D eigenvalue weighted by Crippen LogP contribution is -2.08. The molecule has 0 spiro atoms. The van der Waals surface area contributed by atoms with E-state index in [2.05, 4.69) is 15.1 Å². The summed E-state index contributed by atoms with van der Waals surface area (Å²) in [5, 5.41) is 4.55. The highest BCUT2D eigenvalue weighted by Crippen LogP contribution is 2.22. The third kappa shape index (κ3) is 3.21. The quantitative estimate of drug-likeness (QED) is 0.641. The van der Waals surface area contributed by atoms with Gasteiger partial charge in [-0.25, -0.2) is 19.4 Å². The van der Waals surface area contributed by atoms with Gasteiger partial charge in [-0.2, -0.15) is 5.10 Å². The minimum atomic E-state index is -0.411. The zero-order valence-corrected chi connectivity index (χ0v) is 13.2. The van der Waals surface area contributed by atoms with Crippen molar-refractivity contribution >= 4 is 17.6 Å². The smallest absolute Gasteiger partial charge is 0.341 e. The van der Waals surface area contributed by atoms with E-state index in [9.17, 15) is 4.79 Å². The normalized spacial score (nSPS) is 11.0. The molecule has 7 heteroatoms. The second kappa shape index (κ2) is 6.22. The fourth-order valence-corrected chi connectivity index (χ4v) is 1.90. The molecule has 0 amide bonds. The predicted octanol–water partition coefficient (Wildman–Crippen LogP) is 2.92.